The highest BCUT2D eigenvalue weighted by molar-refractivity contribution is 8.00. The van der Waals surface area contributed by atoms with Gasteiger partial charge in [0.15, 0.2) is 0 Å². The Bertz CT molecular complexity index is 566. The molecule has 2 saturated heterocycles. The molecule has 1 unspecified atom stereocenters. The summed E-state index contributed by atoms with van der Waals surface area (Å²) >= 11 is 7.48. The zero-order valence-corrected chi connectivity index (χ0v) is 14.7. The molecule has 0 spiro atoms. The van der Waals surface area contributed by atoms with E-state index in [1.165, 1.54) is 32.0 Å². The fourth-order valence-electron chi connectivity index (χ4n) is 3.26. The number of hydrogen-bond donors (Lipinski definition) is 0. The van der Waals surface area contributed by atoms with Gasteiger partial charge in [0, 0.05) is 6.54 Å². The van der Waals surface area contributed by atoms with Gasteiger partial charge in [0.05, 0.1) is 10.8 Å². The fraction of sp³-hybridized carbons (Fsp3) is 0.588. The second kappa shape index (κ2) is 7.86. The van der Waals surface area contributed by atoms with Crippen LogP contribution in [-0.4, -0.2) is 47.6 Å². The maximum Gasteiger partial charge on any atom is 0.233 e. The number of hydrogen-bond acceptors (Lipinski definition) is 3. The molecule has 2 aliphatic rings. The van der Waals surface area contributed by atoms with Gasteiger partial charge in [-0.05, 0) is 63.0 Å². The van der Waals surface area contributed by atoms with Gasteiger partial charge in [-0.3, -0.25) is 4.79 Å². The Morgan fingerprint density at radius 3 is 2.70 bits per heavy atom. The number of nitrogens with zero attached hydrogens (tertiary/aromatic N) is 2. The number of rotatable bonds is 6. The molecule has 3 nitrogen and oxygen atoms in total. The standard InChI is InChI=1S/C17H22ClFN2OS/c18-14-11-13(5-6-15(14)19)17-21(16(22)12-23-17)10-4-3-9-20-7-1-2-8-20/h5-6,11,17H,1-4,7-10,12H2. The van der Waals surface area contributed by atoms with Crippen LogP contribution >= 0.6 is 23.4 Å². The number of thioether (sulfide) groups is 1. The molecule has 23 heavy (non-hydrogen) atoms. The lowest BCUT2D eigenvalue weighted by molar-refractivity contribution is -0.128. The molecule has 0 radical (unpaired) electrons. The van der Waals surface area contributed by atoms with Crippen molar-refractivity contribution in [2.45, 2.75) is 31.1 Å². The average molecular weight is 357 g/mol. The summed E-state index contributed by atoms with van der Waals surface area (Å²) in [7, 11) is 0. The van der Waals surface area contributed by atoms with Crippen molar-refractivity contribution in [2.24, 2.45) is 0 Å². The molecule has 1 aromatic carbocycles. The molecule has 0 bridgehead atoms. The van der Waals surface area contributed by atoms with Crippen molar-refractivity contribution in [1.29, 1.82) is 0 Å². The van der Waals surface area contributed by atoms with Gasteiger partial charge >= 0.3 is 0 Å². The first kappa shape index (κ1) is 17.1. The molecule has 6 heteroatoms. The van der Waals surface area contributed by atoms with Gasteiger partial charge in [-0.25, -0.2) is 4.39 Å². The Kier molecular flexibility index (Phi) is 5.83. The van der Waals surface area contributed by atoms with Gasteiger partial charge in [-0.2, -0.15) is 0 Å². The molecule has 126 valence electrons. The van der Waals surface area contributed by atoms with Crippen LogP contribution in [0.4, 0.5) is 4.39 Å². The Morgan fingerprint density at radius 2 is 1.96 bits per heavy atom. The lowest BCUT2D eigenvalue weighted by Gasteiger charge is -2.25. The Morgan fingerprint density at radius 1 is 1.22 bits per heavy atom. The van der Waals surface area contributed by atoms with Crippen molar-refractivity contribution in [3.05, 3.63) is 34.6 Å². The summed E-state index contributed by atoms with van der Waals surface area (Å²) in [6.07, 6.45) is 4.75. The third kappa shape index (κ3) is 4.20. The summed E-state index contributed by atoms with van der Waals surface area (Å²) in [6.45, 7) is 4.33. The molecule has 2 heterocycles. The van der Waals surface area contributed by atoms with Crippen molar-refractivity contribution in [3.8, 4) is 0 Å². The minimum Gasteiger partial charge on any atom is -0.326 e. The summed E-state index contributed by atoms with van der Waals surface area (Å²) in [4.78, 5) is 16.6. The lowest BCUT2D eigenvalue weighted by atomic mass is 10.2. The topological polar surface area (TPSA) is 23.6 Å². The summed E-state index contributed by atoms with van der Waals surface area (Å²) in [6, 6.07) is 4.76. The van der Waals surface area contributed by atoms with Crippen molar-refractivity contribution >= 4 is 29.3 Å². The van der Waals surface area contributed by atoms with Gasteiger partial charge in [0.2, 0.25) is 5.91 Å². The molecule has 1 atom stereocenters. The summed E-state index contributed by atoms with van der Waals surface area (Å²) in [5.74, 6) is 0.245. The zero-order chi connectivity index (χ0) is 16.2. The molecular weight excluding hydrogens is 335 g/mol. The van der Waals surface area contributed by atoms with Gasteiger partial charge in [0.1, 0.15) is 11.2 Å². The van der Waals surface area contributed by atoms with Crippen molar-refractivity contribution in [1.82, 2.24) is 9.80 Å². The quantitative estimate of drug-likeness (QED) is 0.721. The van der Waals surface area contributed by atoms with E-state index >= 15 is 0 Å². The van der Waals surface area contributed by atoms with E-state index in [-0.39, 0.29) is 16.3 Å². The van der Waals surface area contributed by atoms with E-state index < -0.39 is 5.82 Å². The van der Waals surface area contributed by atoms with Gasteiger partial charge in [-0.1, -0.05) is 17.7 Å². The summed E-state index contributed by atoms with van der Waals surface area (Å²) in [5, 5.41) is 0.0869. The maximum absolute atomic E-state index is 13.3. The van der Waals surface area contributed by atoms with Crippen LogP contribution in [0, 0.1) is 5.82 Å². The SMILES string of the molecule is O=C1CSC(c2ccc(F)c(Cl)c2)N1CCCCN1CCCC1. The van der Waals surface area contributed by atoms with E-state index in [1.54, 1.807) is 23.9 Å². The van der Waals surface area contributed by atoms with Crippen LogP contribution in [0.15, 0.2) is 18.2 Å². The average Bonchev–Trinajstić information content (AvgIpc) is 3.17. The normalized spacial score (nSPS) is 22.3. The lowest BCUT2D eigenvalue weighted by Crippen LogP contribution is -2.30. The largest absolute Gasteiger partial charge is 0.326 e. The van der Waals surface area contributed by atoms with E-state index in [2.05, 4.69) is 4.90 Å². The number of benzene rings is 1. The second-order valence-corrected chi connectivity index (χ2v) is 7.66. The minimum absolute atomic E-state index is 0.0348. The van der Waals surface area contributed by atoms with Crippen molar-refractivity contribution < 1.29 is 9.18 Å². The first-order valence-corrected chi connectivity index (χ1v) is 9.66. The molecule has 1 aromatic rings. The zero-order valence-electron chi connectivity index (χ0n) is 13.1. The fourth-order valence-corrected chi connectivity index (χ4v) is 4.66. The van der Waals surface area contributed by atoms with E-state index in [1.807, 2.05) is 4.90 Å². The number of amides is 1. The molecular formula is C17H22ClFN2OS. The van der Waals surface area contributed by atoms with Crippen molar-refractivity contribution in [2.75, 3.05) is 31.9 Å². The third-order valence-corrected chi connectivity index (χ3v) is 6.06. The van der Waals surface area contributed by atoms with Crippen LogP contribution in [0.3, 0.4) is 0 Å². The van der Waals surface area contributed by atoms with Crippen LogP contribution in [-0.2, 0) is 4.79 Å². The maximum atomic E-state index is 13.3. The Hall–Kier alpha value is -0.780. The number of likely N-dealkylation sites (tertiary alicyclic amines) is 1. The highest BCUT2D eigenvalue weighted by Gasteiger charge is 2.32. The summed E-state index contributed by atoms with van der Waals surface area (Å²) < 4.78 is 13.3. The van der Waals surface area contributed by atoms with Crippen LogP contribution in [0.5, 0.6) is 0 Å². The smallest absolute Gasteiger partial charge is 0.233 e. The molecule has 2 aliphatic heterocycles. The van der Waals surface area contributed by atoms with Crippen LogP contribution in [0.25, 0.3) is 0 Å². The number of unbranched alkanes of at least 4 members (excludes halogenated alkanes) is 1. The van der Waals surface area contributed by atoms with E-state index in [0.29, 0.717) is 5.75 Å². The second-order valence-electron chi connectivity index (χ2n) is 6.18. The Labute approximate surface area is 146 Å². The van der Waals surface area contributed by atoms with Crippen LogP contribution < -0.4 is 0 Å². The van der Waals surface area contributed by atoms with Crippen LogP contribution in [0.1, 0.15) is 36.6 Å². The van der Waals surface area contributed by atoms with E-state index in [0.717, 1.165) is 31.5 Å². The monoisotopic (exact) mass is 356 g/mol. The number of halogens is 2. The van der Waals surface area contributed by atoms with Crippen molar-refractivity contribution in [3.63, 3.8) is 0 Å². The van der Waals surface area contributed by atoms with E-state index in [9.17, 15) is 9.18 Å². The number of carbonyl (C=O) groups is 1. The van der Waals surface area contributed by atoms with Gasteiger partial charge in [0.25, 0.3) is 0 Å². The first-order chi connectivity index (χ1) is 11.1. The molecule has 2 fully saturated rings. The molecule has 3 rings (SSSR count). The third-order valence-electron chi connectivity index (χ3n) is 4.52. The number of carbonyl (C=O) groups excluding carboxylic acids is 1. The Balaban J connectivity index is 1.55. The van der Waals surface area contributed by atoms with Crippen LogP contribution in [0.2, 0.25) is 5.02 Å². The minimum atomic E-state index is -0.415. The predicted molar refractivity (Wildman–Crippen MR) is 93.2 cm³/mol. The first-order valence-electron chi connectivity index (χ1n) is 8.23. The molecule has 0 aromatic heterocycles. The molecule has 0 aliphatic carbocycles. The highest BCUT2D eigenvalue weighted by Crippen LogP contribution is 2.39. The predicted octanol–water partition coefficient (Wildman–Crippen LogP) is 3.93. The summed E-state index contributed by atoms with van der Waals surface area (Å²) in [5.41, 5.74) is 0.909. The van der Waals surface area contributed by atoms with Gasteiger partial charge < -0.3 is 9.80 Å². The molecule has 0 N–H and O–H groups in total. The molecule has 0 saturated carbocycles. The highest BCUT2D eigenvalue weighted by atomic mass is 35.5. The molecule has 1 amide bonds. The van der Waals surface area contributed by atoms with Gasteiger partial charge in [-0.15, -0.1) is 11.8 Å². The van der Waals surface area contributed by atoms with E-state index in [4.69, 9.17) is 11.6 Å².